The predicted octanol–water partition coefficient (Wildman–Crippen LogP) is 5.56. The van der Waals surface area contributed by atoms with Crippen LogP contribution in [0.1, 0.15) is 24.0 Å². The number of benzene rings is 2. The monoisotopic (exact) mass is 409 g/mol. The summed E-state index contributed by atoms with van der Waals surface area (Å²) in [5.74, 6) is 1.69. The number of hydrogen-bond donors (Lipinski definition) is 1. The first-order valence-corrected chi connectivity index (χ1v) is 8.66. The van der Waals surface area contributed by atoms with E-state index in [9.17, 15) is 0 Å². The highest BCUT2D eigenvalue weighted by Gasteiger charge is 2.20. The lowest BCUT2D eigenvalue weighted by atomic mass is 10.2. The molecule has 0 radical (unpaired) electrons. The van der Waals surface area contributed by atoms with Gasteiger partial charge in [-0.2, -0.15) is 0 Å². The predicted molar refractivity (Wildman–Crippen MR) is 93.0 cm³/mol. The van der Waals surface area contributed by atoms with Gasteiger partial charge < -0.3 is 10.1 Å². The van der Waals surface area contributed by atoms with Gasteiger partial charge in [-0.05, 0) is 77.2 Å². The van der Waals surface area contributed by atoms with Gasteiger partial charge in [0.2, 0.25) is 0 Å². The molecule has 1 aliphatic carbocycles. The largest absolute Gasteiger partial charge is 0.456 e. The van der Waals surface area contributed by atoms with Crippen LogP contribution >= 0.6 is 31.9 Å². The molecular formula is C17H17Br2NO. The molecule has 0 heterocycles. The average Bonchev–Trinajstić information content (AvgIpc) is 3.27. The summed E-state index contributed by atoms with van der Waals surface area (Å²) in [5.41, 5.74) is 2.43. The molecule has 110 valence electrons. The minimum Gasteiger partial charge on any atom is -0.456 e. The van der Waals surface area contributed by atoms with E-state index in [0.717, 1.165) is 38.6 Å². The molecule has 21 heavy (non-hydrogen) atoms. The van der Waals surface area contributed by atoms with Gasteiger partial charge in [0.1, 0.15) is 11.5 Å². The van der Waals surface area contributed by atoms with Gasteiger partial charge >= 0.3 is 0 Å². The Balaban J connectivity index is 1.70. The fraction of sp³-hybridized carbons (Fsp3) is 0.294. The van der Waals surface area contributed by atoms with Crippen LogP contribution in [0.4, 0.5) is 0 Å². The van der Waals surface area contributed by atoms with Crippen LogP contribution in [0.25, 0.3) is 0 Å². The van der Waals surface area contributed by atoms with E-state index in [0.29, 0.717) is 0 Å². The molecule has 0 spiro atoms. The molecule has 0 bridgehead atoms. The van der Waals surface area contributed by atoms with Crippen molar-refractivity contribution >= 4 is 31.9 Å². The number of nitrogens with one attached hydrogen (secondary N) is 1. The summed E-state index contributed by atoms with van der Waals surface area (Å²) in [6.45, 7) is 2.97. The molecule has 2 aromatic carbocycles. The third kappa shape index (κ3) is 4.09. The van der Waals surface area contributed by atoms with Crippen LogP contribution in [-0.2, 0) is 6.54 Å². The maximum Gasteiger partial charge on any atom is 0.141 e. The number of ether oxygens (including phenoxy) is 1. The minimum absolute atomic E-state index is 0.727. The molecule has 0 aliphatic heterocycles. The summed E-state index contributed by atoms with van der Waals surface area (Å²) in [4.78, 5) is 0. The first-order valence-electron chi connectivity index (χ1n) is 7.07. The summed E-state index contributed by atoms with van der Waals surface area (Å²) in [7, 11) is 0. The maximum absolute atomic E-state index is 5.95. The van der Waals surface area contributed by atoms with E-state index in [4.69, 9.17) is 4.74 Å². The molecular weight excluding hydrogens is 394 g/mol. The van der Waals surface area contributed by atoms with Crippen molar-refractivity contribution < 1.29 is 4.74 Å². The molecule has 0 amide bonds. The standard InChI is InChI=1S/C17H17Br2NO/c1-11-8-14(5-6-15(11)18)21-17-7-2-12(9-16(17)19)10-20-13-3-4-13/h2,5-9,13,20H,3-4,10H2,1H3. The van der Waals surface area contributed by atoms with E-state index >= 15 is 0 Å². The topological polar surface area (TPSA) is 21.3 Å². The van der Waals surface area contributed by atoms with Gasteiger partial charge in [0.15, 0.2) is 0 Å². The number of rotatable bonds is 5. The van der Waals surface area contributed by atoms with Crippen LogP contribution < -0.4 is 10.1 Å². The quantitative estimate of drug-likeness (QED) is 0.696. The molecule has 0 saturated heterocycles. The summed E-state index contributed by atoms with van der Waals surface area (Å²) < 4.78 is 8.03. The van der Waals surface area contributed by atoms with Gasteiger partial charge in [-0.3, -0.25) is 0 Å². The van der Waals surface area contributed by atoms with Gasteiger partial charge in [0.05, 0.1) is 4.47 Å². The number of halogens is 2. The van der Waals surface area contributed by atoms with E-state index in [1.165, 1.54) is 18.4 Å². The van der Waals surface area contributed by atoms with Crippen molar-refractivity contribution in [2.24, 2.45) is 0 Å². The lowest BCUT2D eigenvalue weighted by Gasteiger charge is -2.11. The first kappa shape index (κ1) is 15.1. The van der Waals surface area contributed by atoms with Crippen molar-refractivity contribution in [1.29, 1.82) is 0 Å². The van der Waals surface area contributed by atoms with Crippen LogP contribution in [0.5, 0.6) is 11.5 Å². The van der Waals surface area contributed by atoms with E-state index in [1.54, 1.807) is 0 Å². The normalized spacial score (nSPS) is 14.2. The SMILES string of the molecule is Cc1cc(Oc2ccc(CNC3CC3)cc2Br)ccc1Br. The van der Waals surface area contributed by atoms with Gasteiger partial charge in [-0.25, -0.2) is 0 Å². The molecule has 3 rings (SSSR count). The molecule has 2 nitrogen and oxygen atoms in total. The lowest BCUT2D eigenvalue weighted by Crippen LogP contribution is -2.15. The zero-order chi connectivity index (χ0) is 14.8. The molecule has 1 saturated carbocycles. The molecule has 1 N–H and O–H groups in total. The van der Waals surface area contributed by atoms with Crippen LogP contribution in [-0.4, -0.2) is 6.04 Å². The highest BCUT2D eigenvalue weighted by Crippen LogP contribution is 2.32. The van der Waals surface area contributed by atoms with Crippen molar-refractivity contribution in [3.05, 3.63) is 56.5 Å². The molecule has 0 aromatic heterocycles. The molecule has 0 atom stereocenters. The zero-order valence-corrected chi connectivity index (χ0v) is 15.0. The molecule has 0 unspecified atom stereocenters. The second kappa shape index (κ2) is 6.51. The van der Waals surface area contributed by atoms with Crippen LogP contribution in [0.15, 0.2) is 45.3 Å². The Kier molecular flexibility index (Phi) is 4.67. The van der Waals surface area contributed by atoms with E-state index < -0.39 is 0 Å². The van der Waals surface area contributed by atoms with Gasteiger partial charge in [0, 0.05) is 17.1 Å². The van der Waals surface area contributed by atoms with Crippen molar-refractivity contribution in [2.75, 3.05) is 0 Å². The first-order chi connectivity index (χ1) is 10.1. The second-order valence-electron chi connectivity index (χ2n) is 5.43. The Bertz CT molecular complexity index is 653. The third-order valence-corrected chi connectivity index (χ3v) is 5.04. The number of aryl methyl sites for hydroxylation is 1. The molecule has 1 aliphatic rings. The molecule has 2 aromatic rings. The van der Waals surface area contributed by atoms with Crippen molar-refractivity contribution in [3.63, 3.8) is 0 Å². The summed E-state index contributed by atoms with van der Waals surface area (Å²) in [6, 6.07) is 13.0. The third-order valence-electron chi connectivity index (χ3n) is 3.53. The minimum atomic E-state index is 0.727. The van der Waals surface area contributed by atoms with Crippen LogP contribution in [0.3, 0.4) is 0 Å². The number of hydrogen-bond acceptors (Lipinski definition) is 2. The van der Waals surface area contributed by atoms with E-state index in [1.807, 2.05) is 24.3 Å². The Hall–Kier alpha value is -0.840. The van der Waals surface area contributed by atoms with Crippen molar-refractivity contribution in [1.82, 2.24) is 5.32 Å². The van der Waals surface area contributed by atoms with Crippen molar-refractivity contribution in [3.8, 4) is 11.5 Å². The smallest absolute Gasteiger partial charge is 0.141 e. The fourth-order valence-electron chi connectivity index (χ4n) is 2.09. The van der Waals surface area contributed by atoms with Gasteiger partial charge in [0.25, 0.3) is 0 Å². The maximum atomic E-state index is 5.95. The van der Waals surface area contributed by atoms with Gasteiger partial charge in [-0.15, -0.1) is 0 Å². The highest BCUT2D eigenvalue weighted by atomic mass is 79.9. The van der Waals surface area contributed by atoms with Gasteiger partial charge in [-0.1, -0.05) is 22.0 Å². The molecule has 4 heteroatoms. The summed E-state index contributed by atoms with van der Waals surface area (Å²) in [5, 5.41) is 3.52. The Morgan fingerprint density at radius 2 is 1.90 bits per heavy atom. The average molecular weight is 411 g/mol. The Labute approximate surface area is 142 Å². The van der Waals surface area contributed by atoms with Crippen LogP contribution in [0, 0.1) is 6.92 Å². The van der Waals surface area contributed by atoms with E-state index in [2.05, 4.69) is 56.2 Å². The van der Waals surface area contributed by atoms with E-state index in [-0.39, 0.29) is 0 Å². The molecule has 1 fully saturated rings. The summed E-state index contributed by atoms with van der Waals surface area (Å²) >= 11 is 7.10. The van der Waals surface area contributed by atoms with Crippen molar-refractivity contribution in [2.45, 2.75) is 32.4 Å². The fourth-order valence-corrected chi connectivity index (χ4v) is 2.85. The van der Waals surface area contributed by atoms with Crippen LogP contribution in [0.2, 0.25) is 0 Å². The Morgan fingerprint density at radius 3 is 2.57 bits per heavy atom. The lowest BCUT2D eigenvalue weighted by molar-refractivity contribution is 0.478. The Morgan fingerprint density at radius 1 is 1.10 bits per heavy atom. The zero-order valence-electron chi connectivity index (χ0n) is 11.8. The summed E-state index contributed by atoms with van der Waals surface area (Å²) in [6.07, 6.45) is 2.62. The second-order valence-corrected chi connectivity index (χ2v) is 7.14. The highest BCUT2D eigenvalue weighted by molar-refractivity contribution is 9.10.